The summed E-state index contributed by atoms with van der Waals surface area (Å²) in [6.07, 6.45) is 7.82. The molecule has 3 aromatic rings. The van der Waals surface area contributed by atoms with Crippen molar-refractivity contribution < 1.29 is 14.7 Å². The van der Waals surface area contributed by atoms with Crippen LogP contribution in [0.15, 0.2) is 48.5 Å². The van der Waals surface area contributed by atoms with E-state index in [-0.39, 0.29) is 36.2 Å². The van der Waals surface area contributed by atoms with E-state index in [1.807, 2.05) is 31.2 Å². The average molecular weight is 503 g/mol. The topological polar surface area (TPSA) is 113 Å². The maximum Gasteiger partial charge on any atom is 0.247 e. The number of carbonyl (C=O) groups is 2. The van der Waals surface area contributed by atoms with E-state index < -0.39 is 6.04 Å². The third-order valence-electron chi connectivity index (χ3n) is 7.48. The Morgan fingerprint density at radius 2 is 1.65 bits per heavy atom. The minimum Gasteiger partial charge on any atom is -0.508 e. The number of benzene rings is 2. The summed E-state index contributed by atoms with van der Waals surface area (Å²) in [5, 5.41) is 25.8. The van der Waals surface area contributed by atoms with Crippen molar-refractivity contribution in [2.75, 3.05) is 0 Å². The van der Waals surface area contributed by atoms with Crippen molar-refractivity contribution >= 4 is 11.8 Å². The average Bonchev–Trinajstić information content (AvgIpc) is 3.67. The van der Waals surface area contributed by atoms with Crippen LogP contribution in [0.1, 0.15) is 68.5 Å². The maximum atomic E-state index is 13.9. The summed E-state index contributed by atoms with van der Waals surface area (Å²) in [5.74, 6) is 0.173. The van der Waals surface area contributed by atoms with E-state index in [9.17, 15) is 14.7 Å². The largest absolute Gasteiger partial charge is 0.508 e. The molecule has 0 saturated heterocycles. The summed E-state index contributed by atoms with van der Waals surface area (Å²) in [6.45, 7) is 1.90. The summed E-state index contributed by atoms with van der Waals surface area (Å²) in [5.41, 5.74) is 2.64. The molecule has 2 saturated carbocycles. The fourth-order valence-electron chi connectivity index (χ4n) is 5.52. The van der Waals surface area contributed by atoms with E-state index in [0.717, 1.165) is 62.5 Å². The van der Waals surface area contributed by atoms with Crippen LogP contribution in [0.4, 0.5) is 0 Å². The lowest BCUT2D eigenvalue weighted by Gasteiger charge is -2.36. The van der Waals surface area contributed by atoms with Crippen LogP contribution in [0, 0.1) is 6.92 Å². The van der Waals surface area contributed by atoms with Gasteiger partial charge in [0.25, 0.3) is 0 Å². The zero-order chi connectivity index (χ0) is 25.8. The van der Waals surface area contributed by atoms with Crippen LogP contribution in [0.3, 0.4) is 0 Å². The molecule has 2 amide bonds. The van der Waals surface area contributed by atoms with Gasteiger partial charge >= 0.3 is 0 Å². The Labute approximate surface area is 216 Å². The van der Waals surface area contributed by atoms with Gasteiger partial charge in [-0.2, -0.15) is 4.80 Å². The highest BCUT2D eigenvalue weighted by Crippen LogP contribution is 2.33. The number of nitrogens with zero attached hydrogens (tertiary/aromatic N) is 5. The molecule has 0 aliphatic heterocycles. The number of carbonyl (C=O) groups excluding carboxylic acids is 2. The van der Waals surface area contributed by atoms with Crippen LogP contribution < -0.4 is 5.32 Å². The Kier molecular flexibility index (Phi) is 7.48. The molecule has 5 rings (SSSR count). The smallest absolute Gasteiger partial charge is 0.247 e. The number of nitrogens with one attached hydrogen (secondary N) is 1. The molecule has 2 aliphatic rings. The third-order valence-corrected chi connectivity index (χ3v) is 7.48. The Hall–Kier alpha value is -3.75. The van der Waals surface area contributed by atoms with Gasteiger partial charge in [-0.1, -0.05) is 67.6 Å². The highest BCUT2D eigenvalue weighted by Gasteiger charge is 2.38. The van der Waals surface area contributed by atoms with Gasteiger partial charge in [0, 0.05) is 17.6 Å². The first-order valence-corrected chi connectivity index (χ1v) is 13.2. The van der Waals surface area contributed by atoms with Gasteiger partial charge in [0.2, 0.25) is 17.6 Å². The predicted molar refractivity (Wildman–Crippen MR) is 138 cm³/mol. The molecule has 194 valence electrons. The van der Waals surface area contributed by atoms with Crippen LogP contribution in [-0.2, 0) is 16.1 Å². The second-order valence-electron chi connectivity index (χ2n) is 10.2. The molecule has 9 nitrogen and oxygen atoms in total. The number of aromatic nitrogens is 4. The molecule has 0 unspecified atom stereocenters. The Morgan fingerprint density at radius 1 is 1.00 bits per heavy atom. The van der Waals surface area contributed by atoms with Crippen molar-refractivity contribution in [3.8, 4) is 17.1 Å². The molecule has 2 aliphatic carbocycles. The van der Waals surface area contributed by atoms with Crippen molar-refractivity contribution in [3.05, 3.63) is 59.7 Å². The lowest BCUT2D eigenvalue weighted by molar-refractivity contribution is -0.144. The highest BCUT2D eigenvalue weighted by atomic mass is 16.3. The fourth-order valence-corrected chi connectivity index (χ4v) is 5.52. The molecule has 0 bridgehead atoms. The summed E-state index contributed by atoms with van der Waals surface area (Å²) >= 11 is 0. The Balaban J connectivity index is 1.43. The second kappa shape index (κ2) is 11.1. The molecule has 37 heavy (non-hydrogen) atoms. The lowest BCUT2D eigenvalue weighted by Crippen LogP contribution is -2.50. The maximum absolute atomic E-state index is 13.9. The molecule has 2 aromatic carbocycles. The van der Waals surface area contributed by atoms with Gasteiger partial charge in [0.05, 0.1) is 0 Å². The fraction of sp³-hybridized carbons (Fsp3) is 0.464. The molecular weight excluding hydrogens is 468 g/mol. The number of hydrogen-bond donors (Lipinski definition) is 2. The number of phenols is 1. The van der Waals surface area contributed by atoms with Gasteiger partial charge in [-0.05, 0) is 55.5 Å². The van der Waals surface area contributed by atoms with E-state index in [2.05, 4.69) is 20.7 Å². The van der Waals surface area contributed by atoms with Gasteiger partial charge in [-0.3, -0.25) is 9.59 Å². The summed E-state index contributed by atoms with van der Waals surface area (Å²) in [6, 6.07) is 13.7. The van der Waals surface area contributed by atoms with Gasteiger partial charge < -0.3 is 15.3 Å². The summed E-state index contributed by atoms with van der Waals surface area (Å²) < 4.78 is 0. The molecule has 0 spiro atoms. The molecule has 2 N–H and O–H groups in total. The molecule has 2 fully saturated rings. The van der Waals surface area contributed by atoms with Crippen LogP contribution in [0.5, 0.6) is 5.75 Å². The van der Waals surface area contributed by atoms with E-state index in [1.54, 1.807) is 29.2 Å². The number of aryl methyl sites for hydroxylation is 1. The van der Waals surface area contributed by atoms with Gasteiger partial charge in [-0.25, -0.2) is 0 Å². The van der Waals surface area contributed by atoms with Crippen molar-refractivity contribution in [3.63, 3.8) is 0 Å². The second-order valence-corrected chi connectivity index (χ2v) is 10.2. The number of tetrazole rings is 1. The predicted octanol–water partition coefficient (Wildman–Crippen LogP) is 3.93. The molecule has 0 radical (unpaired) electrons. The van der Waals surface area contributed by atoms with Crippen LogP contribution >= 0.6 is 0 Å². The SMILES string of the molecule is Cc1ccc(-c2nnn(CC(=O)N(C3CCCC3)[C@@H](C(=O)NC3CCCC3)c3ccc(O)cc3)n2)cc1. The normalized spacial score (nSPS) is 17.1. The van der Waals surface area contributed by atoms with Crippen molar-refractivity contribution in [2.24, 2.45) is 0 Å². The van der Waals surface area contributed by atoms with Gasteiger partial charge in [0.1, 0.15) is 18.3 Å². The van der Waals surface area contributed by atoms with E-state index in [1.165, 1.54) is 4.80 Å². The van der Waals surface area contributed by atoms with Crippen LogP contribution in [0.25, 0.3) is 11.4 Å². The minimum absolute atomic E-state index is 0.0549. The van der Waals surface area contributed by atoms with E-state index >= 15 is 0 Å². The van der Waals surface area contributed by atoms with E-state index in [4.69, 9.17) is 0 Å². The molecule has 1 aromatic heterocycles. The first-order valence-electron chi connectivity index (χ1n) is 13.2. The summed E-state index contributed by atoms with van der Waals surface area (Å²) in [7, 11) is 0. The van der Waals surface area contributed by atoms with Crippen LogP contribution in [-0.4, -0.2) is 54.1 Å². The zero-order valence-electron chi connectivity index (χ0n) is 21.2. The lowest BCUT2D eigenvalue weighted by atomic mass is 10.00. The van der Waals surface area contributed by atoms with Crippen molar-refractivity contribution in [2.45, 2.75) is 83.0 Å². The standard InChI is InChI=1S/C28H34N6O3/c1-19-10-12-21(13-11-19)27-30-32-33(31-27)18-25(36)34(23-8-4-5-9-23)26(20-14-16-24(35)17-15-20)28(37)29-22-6-2-3-7-22/h10-17,22-23,26,35H,2-9,18H2,1H3,(H,29,37)/t26-/m1/s1. The zero-order valence-corrected chi connectivity index (χ0v) is 21.2. The quantitative estimate of drug-likeness (QED) is 0.483. The monoisotopic (exact) mass is 502 g/mol. The first-order chi connectivity index (χ1) is 18.0. The minimum atomic E-state index is -0.795. The van der Waals surface area contributed by atoms with E-state index in [0.29, 0.717) is 11.4 Å². The molecule has 1 heterocycles. The number of hydrogen-bond acceptors (Lipinski definition) is 6. The van der Waals surface area contributed by atoms with Gasteiger partial charge in [0.15, 0.2) is 0 Å². The third kappa shape index (κ3) is 5.81. The molecular formula is C28H34N6O3. The van der Waals surface area contributed by atoms with Crippen molar-refractivity contribution in [1.82, 2.24) is 30.4 Å². The molecule has 9 heteroatoms. The Morgan fingerprint density at radius 3 is 2.32 bits per heavy atom. The Bertz CT molecular complexity index is 1210. The number of rotatable bonds is 8. The van der Waals surface area contributed by atoms with Crippen LogP contribution in [0.2, 0.25) is 0 Å². The number of phenolic OH excluding ortho intramolecular Hbond substituents is 1. The number of aromatic hydroxyl groups is 1. The molecule has 1 atom stereocenters. The highest BCUT2D eigenvalue weighted by molar-refractivity contribution is 5.89. The number of amides is 2. The first kappa shape index (κ1) is 24.9. The van der Waals surface area contributed by atoms with Crippen molar-refractivity contribution in [1.29, 1.82) is 0 Å². The summed E-state index contributed by atoms with van der Waals surface area (Å²) in [4.78, 5) is 30.7. The van der Waals surface area contributed by atoms with Gasteiger partial charge in [-0.15, -0.1) is 10.2 Å².